The Balaban J connectivity index is 2.11. The molecule has 2 rings (SSSR count). The highest BCUT2D eigenvalue weighted by atomic mass is 35.5. The summed E-state index contributed by atoms with van der Waals surface area (Å²) in [6.07, 6.45) is 1.88. The number of anilines is 2. The van der Waals surface area contributed by atoms with Gasteiger partial charge >= 0.3 is 0 Å². The van der Waals surface area contributed by atoms with Crippen LogP contribution in [0.25, 0.3) is 0 Å². The number of nitrogens with zero attached hydrogens (tertiary/aromatic N) is 2. The molecule has 0 saturated heterocycles. The number of rotatable bonds is 3. The number of halogens is 2. The molecule has 6 heteroatoms. The van der Waals surface area contributed by atoms with Gasteiger partial charge in [-0.15, -0.1) is 0 Å². The average Bonchev–Trinajstić information content (AvgIpc) is 2.68. The fraction of sp³-hybridized carbons (Fsp3) is 0.182. The van der Waals surface area contributed by atoms with Crippen LogP contribution in [0.15, 0.2) is 24.4 Å². The third kappa shape index (κ3) is 2.84. The van der Waals surface area contributed by atoms with Crippen LogP contribution in [0.2, 0.25) is 10.0 Å². The van der Waals surface area contributed by atoms with Crippen molar-refractivity contribution in [2.75, 3.05) is 11.1 Å². The molecule has 0 spiro atoms. The second-order valence-corrected chi connectivity index (χ2v) is 4.50. The van der Waals surface area contributed by atoms with Crippen molar-refractivity contribution in [3.8, 4) is 0 Å². The van der Waals surface area contributed by atoms with Crippen molar-refractivity contribution < 1.29 is 0 Å². The molecular formula is C11H12Cl2N4. The second kappa shape index (κ2) is 4.85. The van der Waals surface area contributed by atoms with Crippen molar-refractivity contribution in [1.29, 1.82) is 0 Å². The minimum Gasteiger partial charge on any atom is -0.397 e. The number of benzene rings is 1. The summed E-state index contributed by atoms with van der Waals surface area (Å²) >= 11 is 11.8. The summed E-state index contributed by atoms with van der Waals surface area (Å²) in [6.45, 7) is 0.586. The first-order valence-corrected chi connectivity index (χ1v) is 5.79. The lowest BCUT2D eigenvalue weighted by atomic mass is 10.2. The van der Waals surface area contributed by atoms with Gasteiger partial charge in [-0.25, -0.2) is 0 Å². The van der Waals surface area contributed by atoms with Crippen LogP contribution < -0.4 is 11.1 Å². The summed E-state index contributed by atoms with van der Waals surface area (Å²) in [5.74, 6) is 0. The van der Waals surface area contributed by atoms with Gasteiger partial charge in [-0.05, 0) is 18.2 Å². The maximum absolute atomic E-state index is 5.92. The lowest BCUT2D eigenvalue weighted by Crippen LogP contribution is -2.03. The molecule has 0 aliphatic rings. The first-order chi connectivity index (χ1) is 8.06. The number of nitrogen functional groups attached to an aromatic ring is 1. The number of hydrogen-bond acceptors (Lipinski definition) is 3. The Hall–Kier alpha value is -1.39. The highest BCUT2D eigenvalue weighted by Crippen LogP contribution is 2.30. The zero-order valence-corrected chi connectivity index (χ0v) is 10.8. The van der Waals surface area contributed by atoms with Crippen molar-refractivity contribution >= 4 is 34.6 Å². The third-order valence-corrected chi connectivity index (χ3v) is 3.04. The smallest absolute Gasteiger partial charge is 0.0815 e. The van der Waals surface area contributed by atoms with Gasteiger partial charge in [0.1, 0.15) is 0 Å². The Morgan fingerprint density at radius 1 is 1.35 bits per heavy atom. The molecule has 1 aromatic heterocycles. The minimum atomic E-state index is 0.451. The van der Waals surface area contributed by atoms with E-state index in [4.69, 9.17) is 28.9 Å². The van der Waals surface area contributed by atoms with E-state index in [1.165, 1.54) is 0 Å². The fourth-order valence-corrected chi connectivity index (χ4v) is 1.79. The van der Waals surface area contributed by atoms with E-state index in [9.17, 15) is 0 Å². The molecule has 0 atom stereocenters. The van der Waals surface area contributed by atoms with Crippen molar-refractivity contribution in [2.45, 2.75) is 6.54 Å². The Labute approximate surface area is 109 Å². The second-order valence-electron chi connectivity index (χ2n) is 3.69. The van der Waals surface area contributed by atoms with Gasteiger partial charge in [0.2, 0.25) is 0 Å². The zero-order valence-electron chi connectivity index (χ0n) is 9.24. The van der Waals surface area contributed by atoms with Crippen LogP contribution in [0, 0.1) is 0 Å². The molecule has 0 aliphatic carbocycles. The minimum absolute atomic E-state index is 0.451. The monoisotopic (exact) mass is 270 g/mol. The van der Waals surface area contributed by atoms with Crippen LogP contribution in [0.4, 0.5) is 11.4 Å². The van der Waals surface area contributed by atoms with Crippen molar-refractivity contribution in [1.82, 2.24) is 9.78 Å². The molecule has 4 nitrogen and oxygen atoms in total. The summed E-state index contributed by atoms with van der Waals surface area (Å²) in [7, 11) is 1.87. The number of nitrogens with one attached hydrogen (secondary N) is 1. The quantitative estimate of drug-likeness (QED) is 0.844. The molecule has 0 unspecified atom stereocenters. The van der Waals surface area contributed by atoms with Gasteiger partial charge in [0.25, 0.3) is 0 Å². The molecule has 3 N–H and O–H groups in total. The van der Waals surface area contributed by atoms with Gasteiger partial charge < -0.3 is 11.1 Å². The highest BCUT2D eigenvalue weighted by molar-refractivity contribution is 6.42. The summed E-state index contributed by atoms with van der Waals surface area (Å²) in [5, 5.41) is 8.34. The predicted octanol–water partition coefficient (Wildman–Crippen LogP) is 2.92. The number of aromatic nitrogens is 2. The first-order valence-electron chi connectivity index (χ1n) is 5.03. The molecule has 90 valence electrons. The van der Waals surface area contributed by atoms with Gasteiger partial charge in [-0.3, -0.25) is 4.68 Å². The largest absolute Gasteiger partial charge is 0.397 e. The van der Waals surface area contributed by atoms with E-state index >= 15 is 0 Å². The predicted molar refractivity (Wildman–Crippen MR) is 71.4 cm³/mol. The SMILES string of the molecule is Cn1ccc(CNc2cc(Cl)c(Cl)cc2N)n1. The fourth-order valence-electron chi connectivity index (χ4n) is 1.46. The van der Waals surface area contributed by atoms with E-state index in [2.05, 4.69) is 10.4 Å². The van der Waals surface area contributed by atoms with Gasteiger partial charge in [-0.1, -0.05) is 23.2 Å². The topological polar surface area (TPSA) is 55.9 Å². The zero-order chi connectivity index (χ0) is 12.4. The molecular weight excluding hydrogens is 259 g/mol. The maximum Gasteiger partial charge on any atom is 0.0815 e. The van der Waals surface area contributed by atoms with E-state index in [0.29, 0.717) is 22.3 Å². The number of hydrogen-bond donors (Lipinski definition) is 2. The van der Waals surface area contributed by atoms with E-state index in [1.54, 1.807) is 16.8 Å². The van der Waals surface area contributed by atoms with E-state index in [0.717, 1.165) is 11.4 Å². The molecule has 17 heavy (non-hydrogen) atoms. The molecule has 1 aromatic carbocycles. The molecule has 2 aromatic rings. The summed E-state index contributed by atoms with van der Waals surface area (Å²) in [5.41, 5.74) is 8.08. The highest BCUT2D eigenvalue weighted by Gasteiger charge is 2.05. The molecule has 0 saturated carbocycles. The van der Waals surface area contributed by atoms with Gasteiger partial charge in [0, 0.05) is 13.2 Å². The summed E-state index contributed by atoms with van der Waals surface area (Å²) in [4.78, 5) is 0. The van der Waals surface area contributed by atoms with Crippen LogP contribution >= 0.6 is 23.2 Å². The average molecular weight is 271 g/mol. The van der Waals surface area contributed by atoms with Crippen molar-refractivity contribution in [3.63, 3.8) is 0 Å². The van der Waals surface area contributed by atoms with Crippen LogP contribution in [-0.2, 0) is 13.6 Å². The molecule has 0 aliphatic heterocycles. The van der Waals surface area contributed by atoms with Gasteiger partial charge in [-0.2, -0.15) is 5.10 Å². The van der Waals surface area contributed by atoms with Crippen molar-refractivity contribution in [3.05, 3.63) is 40.1 Å². The molecule has 0 fully saturated rings. The van der Waals surface area contributed by atoms with Gasteiger partial charge in [0.05, 0.1) is 33.7 Å². The first kappa shape index (κ1) is 12.1. The van der Waals surface area contributed by atoms with E-state index < -0.39 is 0 Å². The Morgan fingerprint density at radius 2 is 2.06 bits per heavy atom. The normalized spacial score (nSPS) is 10.5. The van der Waals surface area contributed by atoms with E-state index in [-0.39, 0.29) is 0 Å². The van der Waals surface area contributed by atoms with Crippen LogP contribution in [0.3, 0.4) is 0 Å². The Kier molecular flexibility index (Phi) is 3.45. The molecule has 0 radical (unpaired) electrons. The summed E-state index contributed by atoms with van der Waals surface area (Å²) in [6, 6.07) is 5.27. The van der Waals surface area contributed by atoms with E-state index in [1.807, 2.05) is 19.3 Å². The Bertz CT molecular complexity index is 536. The molecule has 0 bridgehead atoms. The summed E-state index contributed by atoms with van der Waals surface area (Å²) < 4.78 is 1.75. The lowest BCUT2D eigenvalue weighted by Gasteiger charge is -2.09. The maximum atomic E-state index is 5.92. The molecule has 0 amide bonds. The lowest BCUT2D eigenvalue weighted by molar-refractivity contribution is 0.747. The Morgan fingerprint density at radius 3 is 2.71 bits per heavy atom. The standard InChI is InChI=1S/C11H12Cl2N4/c1-17-3-2-7(16-17)6-15-11-5-9(13)8(12)4-10(11)14/h2-5,15H,6,14H2,1H3. The van der Waals surface area contributed by atoms with Gasteiger partial charge in [0.15, 0.2) is 0 Å². The van der Waals surface area contributed by atoms with Crippen LogP contribution in [0.1, 0.15) is 5.69 Å². The van der Waals surface area contributed by atoms with Crippen LogP contribution in [-0.4, -0.2) is 9.78 Å². The third-order valence-electron chi connectivity index (χ3n) is 2.32. The number of aryl methyl sites for hydroxylation is 1. The van der Waals surface area contributed by atoms with Crippen molar-refractivity contribution in [2.24, 2.45) is 7.05 Å². The number of nitrogens with two attached hydrogens (primary N) is 1. The van der Waals surface area contributed by atoms with Crippen LogP contribution in [0.5, 0.6) is 0 Å². The molecule has 1 heterocycles.